The van der Waals surface area contributed by atoms with Crippen molar-refractivity contribution in [1.82, 2.24) is 4.31 Å². The number of fused-ring (bicyclic) bond motifs is 1. The summed E-state index contributed by atoms with van der Waals surface area (Å²) in [4.78, 5) is 11.5. The summed E-state index contributed by atoms with van der Waals surface area (Å²) >= 11 is 0. The van der Waals surface area contributed by atoms with Crippen LogP contribution in [0.5, 0.6) is 5.75 Å². The molecule has 0 bridgehead atoms. The molecule has 120 valence electrons. The first-order chi connectivity index (χ1) is 10.4. The van der Waals surface area contributed by atoms with Gasteiger partial charge in [0.25, 0.3) is 5.91 Å². The second-order valence-electron chi connectivity index (χ2n) is 5.56. The third-order valence-corrected chi connectivity index (χ3v) is 5.72. The minimum Gasteiger partial charge on any atom is -0.482 e. The van der Waals surface area contributed by atoms with Crippen LogP contribution in [-0.4, -0.2) is 50.5 Å². The number of carbonyl (C=O) groups is 1. The Morgan fingerprint density at radius 2 is 2.09 bits per heavy atom. The second-order valence-corrected chi connectivity index (χ2v) is 7.45. The molecule has 2 heterocycles. The van der Waals surface area contributed by atoms with Crippen molar-refractivity contribution in [3.05, 3.63) is 18.2 Å². The van der Waals surface area contributed by atoms with Crippen molar-refractivity contribution in [2.24, 2.45) is 0 Å². The number of amides is 1. The molecule has 0 aliphatic carbocycles. The molecule has 2 aliphatic heterocycles. The van der Waals surface area contributed by atoms with E-state index in [0.717, 1.165) is 0 Å². The van der Waals surface area contributed by atoms with E-state index < -0.39 is 10.0 Å². The predicted molar refractivity (Wildman–Crippen MR) is 79.3 cm³/mol. The highest BCUT2D eigenvalue weighted by atomic mass is 32.2. The lowest BCUT2D eigenvalue weighted by atomic mass is 10.2. The van der Waals surface area contributed by atoms with E-state index in [0.29, 0.717) is 24.6 Å². The van der Waals surface area contributed by atoms with E-state index >= 15 is 0 Å². The average Bonchev–Trinajstić information content (AvgIpc) is 2.48. The van der Waals surface area contributed by atoms with Gasteiger partial charge in [-0.25, -0.2) is 8.42 Å². The number of rotatable bonds is 2. The van der Waals surface area contributed by atoms with Crippen molar-refractivity contribution < 1.29 is 22.7 Å². The van der Waals surface area contributed by atoms with E-state index in [1.54, 1.807) is 6.07 Å². The molecule has 1 amide bonds. The van der Waals surface area contributed by atoms with Crippen molar-refractivity contribution in [2.45, 2.75) is 30.9 Å². The Kier molecular flexibility index (Phi) is 3.84. The molecule has 1 saturated heterocycles. The van der Waals surface area contributed by atoms with Crippen molar-refractivity contribution >= 4 is 21.6 Å². The summed E-state index contributed by atoms with van der Waals surface area (Å²) in [5.41, 5.74) is 0.381. The van der Waals surface area contributed by atoms with Gasteiger partial charge in [-0.3, -0.25) is 4.79 Å². The quantitative estimate of drug-likeness (QED) is 0.869. The van der Waals surface area contributed by atoms with Crippen LogP contribution in [0.15, 0.2) is 23.1 Å². The smallest absolute Gasteiger partial charge is 0.262 e. The Labute approximate surface area is 129 Å². The highest BCUT2D eigenvalue weighted by Gasteiger charge is 2.34. The van der Waals surface area contributed by atoms with Gasteiger partial charge in [0.2, 0.25) is 10.0 Å². The zero-order chi connectivity index (χ0) is 15.9. The zero-order valence-corrected chi connectivity index (χ0v) is 13.2. The number of morpholine rings is 1. The molecule has 2 aliphatic rings. The number of nitrogens with one attached hydrogen (secondary N) is 1. The van der Waals surface area contributed by atoms with Crippen molar-refractivity contribution in [2.75, 3.05) is 25.1 Å². The monoisotopic (exact) mass is 326 g/mol. The van der Waals surface area contributed by atoms with Gasteiger partial charge in [0, 0.05) is 12.6 Å². The molecular weight excluding hydrogens is 308 g/mol. The van der Waals surface area contributed by atoms with E-state index in [9.17, 15) is 13.2 Å². The maximum atomic E-state index is 12.8. The SMILES string of the molecule is C[C@@H]1CN(S(=O)(=O)c2ccc3c(c2)NC(=O)CO3)[C@H](C)CO1. The van der Waals surface area contributed by atoms with Crippen LogP contribution in [0.3, 0.4) is 0 Å². The summed E-state index contributed by atoms with van der Waals surface area (Å²) in [6, 6.07) is 4.27. The number of hydrogen-bond acceptors (Lipinski definition) is 5. The number of nitrogens with zero attached hydrogens (tertiary/aromatic N) is 1. The Balaban J connectivity index is 1.95. The highest BCUT2D eigenvalue weighted by Crippen LogP contribution is 2.32. The van der Waals surface area contributed by atoms with E-state index in [-0.39, 0.29) is 29.6 Å². The van der Waals surface area contributed by atoms with E-state index in [2.05, 4.69) is 5.32 Å². The molecule has 1 N–H and O–H groups in total. The summed E-state index contributed by atoms with van der Waals surface area (Å²) in [5, 5.41) is 2.62. The summed E-state index contributed by atoms with van der Waals surface area (Å²) in [5.74, 6) is 0.178. The molecule has 1 fully saturated rings. The van der Waals surface area contributed by atoms with Gasteiger partial charge < -0.3 is 14.8 Å². The average molecular weight is 326 g/mol. The van der Waals surface area contributed by atoms with E-state index in [1.807, 2.05) is 13.8 Å². The van der Waals surface area contributed by atoms with Crippen LogP contribution >= 0.6 is 0 Å². The molecule has 2 atom stereocenters. The lowest BCUT2D eigenvalue weighted by Gasteiger charge is -2.35. The minimum absolute atomic E-state index is 0.0584. The highest BCUT2D eigenvalue weighted by molar-refractivity contribution is 7.89. The van der Waals surface area contributed by atoms with E-state index in [4.69, 9.17) is 9.47 Å². The molecule has 8 heteroatoms. The van der Waals surface area contributed by atoms with Gasteiger partial charge in [-0.05, 0) is 32.0 Å². The summed E-state index contributed by atoms with van der Waals surface area (Å²) in [7, 11) is -3.65. The van der Waals surface area contributed by atoms with Crippen LogP contribution in [0.25, 0.3) is 0 Å². The Morgan fingerprint density at radius 3 is 2.86 bits per heavy atom. The molecule has 22 heavy (non-hydrogen) atoms. The lowest BCUT2D eigenvalue weighted by Crippen LogP contribution is -2.50. The van der Waals surface area contributed by atoms with Gasteiger partial charge >= 0.3 is 0 Å². The third-order valence-electron chi connectivity index (χ3n) is 3.74. The molecule has 0 radical (unpaired) electrons. The van der Waals surface area contributed by atoms with Crippen molar-refractivity contribution in [3.8, 4) is 5.75 Å². The first-order valence-electron chi connectivity index (χ1n) is 7.08. The largest absolute Gasteiger partial charge is 0.482 e. The number of hydrogen-bond donors (Lipinski definition) is 1. The maximum absolute atomic E-state index is 12.8. The number of benzene rings is 1. The minimum atomic E-state index is -3.65. The van der Waals surface area contributed by atoms with Crippen LogP contribution in [-0.2, 0) is 19.6 Å². The molecule has 0 spiro atoms. The Hall–Kier alpha value is -1.64. The van der Waals surface area contributed by atoms with Gasteiger partial charge in [-0.15, -0.1) is 0 Å². The molecule has 3 rings (SSSR count). The first-order valence-corrected chi connectivity index (χ1v) is 8.52. The molecule has 0 unspecified atom stereocenters. The summed E-state index contributed by atoms with van der Waals surface area (Å²) in [6.45, 7) is 4.27. The third kappa shape index (κ3) is 2.69. The molecule has 1 aromatic rings. The summed E-state index contributed by atoms with van der Waals surface area (Å²) in [6.07, 6.45) is -0.147. The molecule has 1 aromatic carbocycles. The van der Waals surface area contributed by atoms with Gasteiger partial charge in [0.05, 0.1) is 23.3 Å². The van der Waals surface area contributed by atoms with Gasteiger partial charge in [-0.1, -0.05) is 0 Å². The van der Waals surface area contributed by atoms with E-state index in [1.165, 1.54) is 16.4 Å². The standard InChI is InChI=1S/C14H18N2O5S/c1-9-7-20-10(2)6-16(9)22(18,19)11-3-4-13-12(5-11)15-14(17)8-21-13/h3-5,9-10H,6-8H2,1-2H3,(H,15,17)/t9-,10-/m1/s1. The number of carbonyl (C=O) groups excluding carboxylic acids is 1. The van der Waals surface area contributed by atoms with Crippen LogP contribution < -0.4 is 10.1 Å². The number of ether oxygens (including phenoxy) is 2. The Morgan fingerprint density at radius 1 is 1.32 bits per heavy atom. The fourth-order valence-corrected chi connectivity index (χ4v) is 4.28. The van der Waals surface area contributed by atoms with Gasteiger partial charge in [-0.2, -0.15) is 4.31 Å². The van der Waals surface area contributed by atoms with Crippen molar-refractivity contribution in [3.63, 3.8) is 0 Å². The molecule has 0 aromatic heterocycles. The summed E-state index contributed by atoms with van der Waals surface area (Å²) < 4.78 is 37.8. The fraction of sp³-hybridized carbons (Fsp3) is 0.500. The predicted octanol–water partition coefficient (Wildman–Crippen LogP) is 0.815. The topological polar surface area (TPSA) is 84.9 Å². The zero-order valence-electron chi connectivity index (χ0n) is 12.4. The fourth-order valence-electron chi connectivity index (χ4n) is 2.57. The number of sulfonamides is 1. The van der Waals surface area contributed by atoms with Gasteiger partial charge in [0.1, 0.15) is 5.75 Å². The molecule has 0 saturated carbocycles. The normalized spacial score (nSPS) is 26.0. The van der Waals surface area contributed by atoms with Crippen LogP contribution in [0.1, 0.15) is 13.8 Å². The molecule has 7 nitrogen and oxygen atoms in total. The maximum Gasteiger partial charge on any atom is 0.262 e. The molecular formula is C14H18N2O5S. The van der Waals surface area contributed by atoms with Gasteiger partial charge in [0.15, 0.2) is 6.61 Å². The second kappa shape index (κ2) is 5.53. The number of anilines is 1. The first kappa shape index (κ1) is 15.3. The van der Waals surface area contributed by atoms with Crippen LogP contribution in [0, 0.1) is 0 Å². The van der Waals surface area contributed by atoms with Crippen LogP contribution in [0.2, 0.25) is 0 Å². The van der Waals surface area contributed by atoms with Crippen LogP contribution in [0.4, 0.5) is 5.69 Å². The Bertz CT molecular complexity index is 703. The van der Waals surface area contributed by atoms with Crippen molar-refractivity contribution in [1.29, 1.82) is 0 Å². The lowest BCUT2D eigenvalue weighted by molar-refractivity contribution is -0.118.